The monoisotopic (exact) mass is 370 g/mol. The highest BCUT2D eigenvalue weighted by atomic mass is 16.5. The van der Waals surface area contributed by atoms with Crippen LogP contribution < -0.4 is 5.32 Å². The number of hydrogen-bond acceptors (Lipinski definition) is 4. The summed E-state index contributed by atoms with van der Waals surface area (Å²) in [7, 11) is 0. The summed E-state index contributed by atoms with van der Waals surface area (Å²) in [5.74, 6) is -0.920. The number of amides is 1. The Morgan fingerprint density at radius 3 is 2.21 bits per heavy atom. The van der Waals surface area contributed by atoms with Crippen LogP contribution in [0.1, 0.15) is 21.5 Å². The first-order valence-corrected chi connectivity index (χ1v) is 8.74. The van der Waals surface area contributed by atoms with Gasteiger partial charge in [-0.1, -0.05) is 60.7 Å². The fraction of sp³-hybridized carbons (Fsp3) is 0.0870. The van der Waals surface area contributed by atoms with E-state index >= 15 is 0 Å². The molecule has 28 heavy (non-hydrogen) atoms. The minimum atomic E-state index is -0.568. The number of carbonyl (C=O) groups excluding carboxylic acids is 2. The number of hydrogen-bond donors (Lipinski definition) is 1. The van der Waals surface area contributed by atoms with Gasteiger partial charge in [0.05, 0.1) is 11.6 Å². The van der Waals surface area contributed by atoms with Crippen LogP contribution in [0, 0.1) is 11.3 Å². The van der Waals surface area contributed by atoms with Crippen molar-refractivity contribution < 1.29 is 14.3 Å². The molecular formula is C23H18N2O3. The van der Waals surface area contributed by atoms with E-state index in [-0.39, 0.29) is 19.1 Å². The molecule has 0 spiro atoms. The number of benzene rings is 3. The van der Waals surface area contributed by atoms with E-state index in [9.17, 15) is 9.59 Å². The molecule has 0 saturated carbocycles. The molecule has 0 fully saturated rings. The molecular weight excluding hydrogens is 352 g/mol. The summed E-state index contributed by atoms with van der Waals surface area (Å²) < 4.78 is 5.13. The van der Waals surface area contributed by atoms with Crippen LogP contribution in [0.4, 0.5) is 0 Å². The van der Waals surface area contributed by atoms with Crippen LogP contribution >= 0.6 is 0 Å². The molecule has 5 heteroatoms. The highest BCUT2D eigenvalue weighted by Crippen LogP contribution is 2.19. The Morgan fingerprint density at radius 1 is 0.857 bits per heavy atom. The van der Waals surface area contributed by atoms with Crippen LogP contribution in [-0.4, -0.2) is 18.4 Å². The molecule has 0 bridgehead atoms. The molecule has 138 valence electrons. The molecule has 3 aromatic carbocycles. The zero-order chi connectivity index (χ0) is 19.8. The second-order valence-electron chi connectivity index (χ2n) is 6.06. The van der Waals surface area contributed by atoms with Crippen LogP contribution in [0.2, 0.25) is 0 Å². The molecule has 0 unspecified atom stereocenters. The summed E-state index contributed by atoms with van der Waals surface area (Å²) >= 11 is 0. The van der Waals surface area contributed by atoms with Gasteiger partial charge < -0.3 is 10.1 Å². The van der Waals surface area contributed by atoms with Crippen molar-refractivity contribution in [2.45, 2.75) is 6.61 Å². The topological polar surface area (TPSA) is 79.2 Å². The number of nitrogens with zero attached hydrogens (tertiary/aromatic N) is 1. The van der Waals surface area contributed by atoms with Crippen molar-refractivity contribution in [3.05, 3.63) is 95.6 Å². The van der Waals surface area contributed by atoms with E-state index < -0.39 is 5.97 Å². The fourth-order valence-electron chi connectivity index (χ4n) is 2.66. The Kier molecular flexibility index (Phi) is 6.17. The summed E-state index contributed by atoms with van der Waals surface area (Å²) in [6.45, 7) is -0.252. The van der Waals surface area contributed by atoms with Crippen LogP contribution in [0.25, 0.3) is 11.1 Å². The Bertz CT molecular complexity index is 1010. The summed E-state index contributed by atoms with van der Waals surface area (Å²) in [5.41, 5.74) is 3.62. The molecule has 5 nitrogen and oxygen atoms in total. The Hall–Kier alpha value is -3.91. The van der Waals surface area contributed by atoms with Gasteiger partial charge in [0.15, 0.2) is 0 Å². The van der Waals surface area contributed by atoms with E-state index in [4.69, 9.17) is 10.00 Å². The standard InChI is InChI=1S/C23H18N2O3/c24-14-20-8-4-5-9-21(20)16-28-22(26)15-25-23(27)19-12-10-18(11-13-19)17-6-2-1-3-7-17/h1-13H,15-16H2,(H,25,27). The minimum absolute atomic E-state index is 0.00971. The van der Waals surface area contributed by atoms with E-state index in [2.05, 4.69) is 5.32 Å². The van der Waals surface area contributed by atoms with Gasteiger partial charge in [-0.3, -0.25) is 9.59 Å². The van der Waals surface area contributed by atoms with Crippen molar-refractivity contribution in [2.75, 3.05) is 6.54 Å². The van der Waals surface area contributed by atoms with Gasteiger partial charge in [-0.25, -0.2) is 0 Å². The molecule has 0 radical (unpaired) electrons. The molecule has 1 amide bonds. The van der Waals surface area contributed by atoms with E-state index in [1.165, 1.54) is 0 Å². The summed E-state index contributed by atoms with van der Waals surface area (Å²) in [6.07, 6.45) is 0. The number of nitriles is 1. The molecule has 0 aliphatic carbocycles. The van der Waals surface area contributed by atoms with E-state index in [1.807, 2.05) is 48.5 Å². The van der Waals surface area contributed by atoms with Crippen molar-refractivity contribution in [1.82, 2.24) is 5.32 Å². The number of ether oxygens (including phenoxy) is 1. The molecule has 0 aromatic heterocycles. The lowest BCUT2D eigenvalue weighted by molar-refractivity contribution is -0.143. The van der Waals surface area contributed by atoms with E-state index in [0.717, 1.165) is 11.1 Å². The van der Waals surface area contributed by atoms with Gasteiger partial charge in [0.1, 0.15) is 13.2 Å². The SMILES string of the molecule is N#Cc1ccccc1COC(=O)CNC(=O)c1ccc(-c2ccccc2)cc1. The lowest BCUT2D eigenvalue weighted by Crippen LogP contribution is -2.30. The first-order chi connectivity index (χ1) is 13.7. The maximum Gasteiger partial charge on any atom is 0.325 e. The van der Waals surface area contributed by atoms with Crippen molar-refractivity contribution in [1.29, 1.82) is 5.26 Å². The maximum atomic E-state index is 12.2. The zero-order valence-corrected chi connectivity index (χ0v) is 15.1. The third kappa shape index (κ3) is 4.83. The first-order valence-electron chi connectivity index (χ1n) is 8.74. The normalized spacial score (nSPS) is 9.96. The van der Waals surface area contributed by atoms with Crippen LogP contribution in [0.5, 0.6) is 0 Å². The predicted molar refractivity (Wildman–Crippen MR) is 105 cm³/mol. The lowest BCUT2D eigenvalue weighted by atomic mass is 10.0. The van der Waals surface area contributed by atoms with Gasteiger partial charge in [0.2, 0.25) is 0 Å². The summed E-state index contributed by atoms with van der Waals surface area (Å²) in [4.78, 5) is 24.1. The van der Waals surface area contributed by atoms with E-state index in [0.29, 0.717) is 16.7 Å². The molecule has 3 aromatic rings. The molecule has 0 heterocycles. The number of carbonyl (C=O) groups is 2. The number of nitrogens with one attached hydrogen (secondary N) is 1. The Balaban J connectivity index is 1.51. The van der Waals surface area contributed by atoms with Gasteiger partial charge in [-0.2, -0.15) is 5.26 Å². The highest BCUT2D eigenvalue weighted by molar-refractivity contribution is 5.96. The van der Waals surface area contributed by atoms with Gasteiger partial charge in [0, 0.05) is 11.1 Å². The smallest absolute Gasteiger partial charge is 0.325 e. The molecule has 0 aliphatic rings. The van der Waals surface area contributed by atoms with Crippen LogP contribution in [0.15, 0.2) is 78.9 Å². The number of esters is 1. The minimum Gasteiger partial charge on any atom is -0.459 e. The van der Waals surface area contributed by atoms with Gasteiger partial charge in [-0.05, 0) is 29.3 Å². The third-order valence-corrected chi connectivity index (χ3v) is 4.17. The summed E-state index contributed by atoms with van der Waals surface area (Å²) in [5, 5.41) is 11.6. The van der Waals surface area contributed by atoms with Crippen molar-refractivity contribution in [3.63, 3.8) is 0 Å². The second kappa shape index (κ2) is 9.15. The molecule has 0 atom stereocenters. The van der Waals surface area contributed by atoms with Gasteiger partial charge in [0.25, 0.3) is 5.91 Å². The largest absolute Gasteiger partial charge is 0.459 e. The van der Waals surface area contributed by atoms with Crippen LogP contribution in [-0.2, 0) is 16.1 Å². The molecule has 3 rings (SSSR count). The average Bonchev–Trinajstić information content (AvgIpc) is 2.77. The number of rotatable bonds is 6. The van der Waals surface area contributed by atoms with Crippen molar-refractivity contribution in [3.8, 4) is 17.2 Å². The van der Waals surface area contributed by atoms with E-state index in [1.54, 1.807) is 36.4 Å². The Labute approximate surface area is 163 Å². The fourth-order valence-corrected chi connectivity index (χ4v) is 2.66. The van der Waals surface area contributed by atoms with Crippen LogP contribution in [0.3, 0.4) is 0 Å². The molecule has 0 aliphatic heterocycles. The molecule has 0 saturated heterocycles. The zero-order valence-electron chi connectivity index (χ0n) is 15.1. The molecule has 1 N–H and O–H groups in total. The third-order valence-electron chi connectivity index (χ3n) is 4.17. The average molecular weight is 370 g/mol. The van der Waals surface area contributed by atoms with Gasteiger partial charge in [-0.15, -0.1) is 0 Å². The predicted octanol–water partition coefficient (Wildman–Crippen LogP) is 3.70. The summed E-state index contributed by atoms with van der Waals surface area (Å²) in [6, 6.07) is 25.9. The Morgan fingerprint density at radius 2 is 1.50 bits per heavy atom. The first kappa shape index (κ1) is 18.9. The maximum absolute atomic E-state index is 12.2. The highest BCUT2D eigenvalue weighted by Gasteiger charge is 2.10. The second-order valence-corrected chi connectivity index (χ2v) is 6.06. The lowest BCUT2D eigenvalue weighted by Gasteiger charge is -2.08. The van der Waals surface area contributed by atoms with Crippen molar-refractivity contribution >= 4 is 11.9 Å². The quantitative estimate of drug-likeness (QED) is 0.671. The van der Waals surface area contributed by atoms with Gasteiger partial charge >= 0.3 is 5.97 Å². The van der Waals surface area contributed by atoms with Crippen molar-refractivity contribution in [2.24, 2.45) is 0 Å².